The highest BCUT2D eigenvalue weighted by Crippen LogP contribution is 2.20. The first-order chi connectivity index (χ1) is 9.47. The van der Waals surface area contributed by atoms with Gasteiger partial charge < -0.3 is 16.8 Å². The van der Waals surface area contributed by atoms with E-state index in [1.54, 1.807) is 24.3 Å². The van der Waals surface area contributed by atoms with Crippen molar-refractivity contribution in [2.75, 3.05) is 11.1 Å². The molecule has 1 amide bonds. The van der Waals surface area contributed by atoms with Crippen molar-refractivity contribution >= 4 is 28.9 Å². The Morgan fingerprint density at radius 2 is 2.00 bits per heavy atom. The number of halogens is 2. The summed E-state index contributed by atoms with van der Waals surface area (Å²) < 4.78 is 13.0. The van der Waals surface area contributed by atoms with Crippen LogP contribution >= 0.6 is 11.6 Å². The van der Waals surface area contributed by atoms with E-state index in [0.29, 0.717) is 17.9 Å². The Morgan fingerprint density at radius 3 is 2.65 bits per heavy atom. The molecular formula is C14H13ClFN3O. The Hall–Kier alpha value is -2.27. The summed E-state index contributed by atoms with van der Waals surface area (Å²) in [4.78, 5) is 11.2. The maximum Gasteiger partial charge on any atom is 0.250 e. The summed E-state index contributed by atoms with van der Waals surface area (Å²) in [6.07, 6.45) is 0. The van der Waals surface area contributed by atoms with E-state index in [9.17, 15) is 9.18 Å². The number of hydrogen-bond acceptors (Lipinski definition) is 3. The number of anilines is 2. The SMILES string of the molecule is NC(=O)c1cc(NCc2ccc(F)c(Cl)c2)ccc1N. The summed E-state index contributed by atoms with van der Waals surface area (Å²) in [5.41, 5.74) is 13.0. The molecule has 0 aliphatic rings. The third-order valence-corrected chi connectivity index (χ3v) is 3.09. The number of rotatable bonds is 4. The Balaban J connectivity index is 2.12. The highest BCUT2D eigenvalue weighted by molar-refractivity contribution is 6.30. The Kier molecular flexibility index (Phi) is 4.10. The molecule has 0 spiro atoms. The maximum absolute atomic E-state index is 13.0. The first-order valence-electron chi connectivity index (χ1n) is 5.84. The van der Waals surface area contributed by atoms with Gasteiger partial charge >= 0.3 is 0 Å². The summed E-state index contributed by atoms with van der Waals surface area (Å²) in [7, 11) is 0. The summed E-state index contributed by atoms with van der Waals surface area (Å²) in [6, 6.07) is 9.36. The molecule has 6 heteroatoms. The molecular weight excluding hydrogens is 281 g/mol. The van der Waals surface area contributed by atoms with Gasteiger partial charge in [-0.05, 0) is 35.9 Å². The van der Waals surface area contributed by atoms with Gasteiger partial charge in [0.25, 0.3) is 5.91 Å². The maximum atomic E-state index is 13.0. The normalized spacial score (nSPS) is 10.3. The minimum atomic E-state index is -0.587. The molecule has 0 unspecified atom stereocenters. The third kappa shape index (κ3) is 3.19. The van der Waals surface area contributed by atoms with Crippen LogP contribution in [-0.2, 0) is 6.54 Å². The van der Waals surface area contributed by atoms with Crippen molar-refractivity contribution in [3.63, 3.8) is 0 Å². The van der Waals surface area contributed by atoms with Crippen LogP contribution in [0.4, 0.5) is 15.8 Å². The van der Waals surface area contributed by atoms with E-state index < -0.39 is 11.7 Å². The molecule has 0 atom stereocenters. The van der Waals surface area contributed by atoms with Gasteiger partial charge in [0.15, 0.2) is 0 Å². The molecule has 0 heterocycles. The minimum Gasteiger partial charge on any atom is -0.398 e. The molecule has 2 aromatic rings. The molecule has 0 saturated heterocycles. The van der Waals surface area contributed by atoms with Crippen molar-refractivity contribution < 1.29 is 9.18 Å². The number of benzene rings is 2. The summed E-state index contributed by atoms with van der Waals surface area (Å²) >= 11 is 5.70. The monoisotopic (exact) mass is 293 g/mol. The lowest BCUT2D eigenvalue weighted by atomic mass is 10.1. The van der Waals surface area contributed by atoms with Crippen molar-refractivity contribution in [3.8, 4) is 0 Å². The minimum absolute atomic E-state index is 0.0689. The van der Waals surface area contributed by atoms with Crippen LogP contribution in [0.15, 0.2) is 36.4 Å². The molecule has 4 nitrogen and oxygen atoms in total. The Bertz CT molecular complexity index is 661. The molecule has 0 aliphatic carbocycles. The smallest absolute Gasteiger partial charge is 0.250 e. The summed E-state index contributed by atoms with van der Waals surface area (Å²) in [5, 5.41) is 3.15. The largest absolute Gasteiger partial charge is 0.398 e. The topological polar surface area (TPSA) is 81.1 Å². The zero-order valence-electron chi connectivity index (χ0n) is 10.5. The second-order valence-electron chi connectivity index (χ2n) is 4.27. The van der Waals surface area contributed by atoms with Crippen LogP contribution in [0.2, 0.25) is 5.02 Å². The number of primary amides is 1. The third-order valence-electron chi connectivity index (χ3n) is 2.80. The highest BCUT2D eigenvalue weighted by atomic mass is 35.5. The number of carbonyl (C=O) groups is 1. The Morgan fingerprint density at radius 1 is 1.25 bits per heavy atom. The van der Waals surface area contributed by atoms with E-state index in [1.807, 2.05) is 0 Å². The highest BCUT2D eigenvalue weighted by Gasteiger charge is 2.07. The van der Waals surface area contributed by atoms with Crippen LogP contribution in [0.25, 0.3) is 0 Å². The molecule has 2 aromatic carbocycles. The number of amides is 1. The number of hydrogen-bond donors (Lipinski definition) is 3. The molecule has 0 bridgehead atoms. The average Bonchev–Trinajstić information content (AvgIpc) is 2.41. The number of nitrogens with two attached hydrogens (primary N) is 2. The van der Waals surface area contributed by atoms with Crippen molar-refractivity contribution in [3.05, 3.63) is 58.4 Å². The van der Waals surface area contributed by atoms with E-state index in [1.165, 1.54) is 12.1 Å². The zero-order chi connectivity index (χ0) is 14.7. The van der Waals surface area contributed by atoms with Gasteiger partial charge in [-0.2, -0.15) is 0 Å². The zero-order valence-corrected chi connectivity index (χ0v) is 11.2. The lowest BCUT2D eigenvalue weighted by molar-refractivity contribution is 0.100. The van der Waals surface area contributed by atoms with Gasteiger partial charge in [0, 0.05) is 17.9 Å². The van der Waals surface area contributed by atoms with Crippen molar-refractivity contribution in [1.82, 2.24) is 0 Å². The predicted molar refractivity (Wildman–Crippen MR) is 78.1 cm³/mol. The van der Waals surface area contributed by atoms with Crippen molar-refractivity contribution in [2.45, 2.75) is 6.54 Å². The van der Waals surface area contributed by atoms with Gasteiger partial charge in [0.05, 0.1) is 10.6 Å². The number of carbonyl (C=O) groups excluding carboxylic acids is 1. The van der Waals surface area contributed by atoms with Gasteiger partial charge in [-0.15, -0.1) is 0 Å². The molecule has 20 heavy (non-hydrogen) atoms. The van der Waals surface area contributed by atoms with E-state index in [4.69, 9.17) is 23.1 Å². The standard InChI is InChI=1S/C14H13ClFN3O/c15-11-5-8(1-3-12(11)16)7-19-9-2-4-13(17)10(6-9)14(18)20/h1-6,19H,7,17H2,(H2,18,20). The Labute approximate surface area is 120 Å². The second-order valence-corrected chi connectivity index (χ2v) is 4.68. The first-order valence-corrected chi connectivity index (χ1v) is 6.22. The molecule has 104 valence electrons. The van der Waals surface area contributed by atoms with Gasteiger partial charge in [-0.25, -0.2) is 4.39 Å². The van der Waals surface area contributed by atoms with Gasteiger partial charge in [0.2, 0.25) is 0 Å². The van der Waals surface area contributed by atoms with Crippen LogP contribution in [0, 0.1) is 5.82 Å². The second kappa shape index (κ2) is 5.79. The van der Waals surface area contributed by atoms with E-state index in [-0.39, 0.29) is 10.6 Å². The summed E-state index contributed by atoms with van der Waals surface area (Å²) in [6.45, 7) is 0.433. The fourth-order valence-corrected chi connectivity index (χ4v) is 1.94. The van der Waals surface area contributed by atoms with Gasteiger partial charge in [0.1, 0.15) is 5.82 Å². The van der Waals surface area contributed by atoms with Crippen LogP contribution in [-0.4, -0.2) is 5.91 Å². The molecule has 0 aliphatic heterocycles. The van der Waals surface area contributed by atoms with Crippen LogP contribution in [0.5, 0.6) is 0 Å². The predicted octanol–water partition coefficient (Wildman–Crippen LogP) is 2.77. The average molecular weight is 294 g/mol. The molecule has 5 N–H and O–H groups in total. The van der Waals surface area contributed by atoms with Crippen LogP contribution < -0.4 is 16.8 Å². The van der Waals surface area contributed by atoms with E-state index in [0.717, 1.165) is 5.56 Å². The molecule has 0 saturated carbocycles. The molecule has 2 rings (SSSR count). The number of nitrogen functional groups attached to an aromatic ring is 1. The van der Waals surface area contributed by atoms with Gasteiger partial charge in [-0.3, -0.25) is 4.79 Å². The molecule has 0 radical (unpaired) electrons. The molecule has 0 aromatic heterocycles. The van der Waals surface area contributed by atoms with Crippen LogP contribution in [0.3, 0.4) is 0 Å². The fraction of sp³-hybridized carbons (Fsp3) is 0.0714. The molecule has 0 fully saturated rings. The first kappa shape index (κ1) is 14.1. The number of nitrogens with one attached hydrogen (secondary N) is 1. The van der Waals surface area contributed by atoms with Crippen molar-refractivity contribution in [1.29, 1.82) is 0 Å². The van der Waals surface area contributed by atoms with E-state index in [2.05, 4.69) is 5.32 Å². The van der Waals surface area contributed by atoms with Crippen LogP contribution in [0.1, 0.15) is 15.9 Å². The quantitative estimate of drug-likeness (QED) is 0.758. The lowest BCUT2D eigenvalue weighted by Gasteiger charge is -2.09. The van der Waals surface area contributed by atoms with Crippen molar-refractivity contribution in [2.24, 2.45) is 5.73 Å². The lowest BCUT2D eigenvalue weighted by Crippen LogP contribution is -2.14. The van der Waals surface area contributed by atoms with Gasteiger partial charge in [-0.1, -0.05) is 17.7 Å². The summed E-state index contributed by atoms with van der Waals surface area (Å²) in [5.74, 6) is -1.05. The van der Waals surface area contributed by atoms with E-state index >= 15 is 0 Å². The fourth-order valence-electron chi connectivity index (χ4n) is 1.73.